The van der Waals surface area contributed by atoms with Crippen molar-refractivity contribution in [3.8, 4) is 5.88 Å². The Labute approximate surface area is 147 Å². The van der Waals surface area contributed by atoms with Crippen LogP contribution in [0.4, 0.5) is 23.1 Å². The topological polar surface area (TPSA) is 72.0 Å². The van der Waals surface area contributed by atoms with Gasteiger partial charge in [0.25, 0.3) is 0 Å². The predicted molar refractivity (Wildman–Crippen MR) is 100 cm³/mol. The molecule has 2 N–H and O–H groups in total. The summed E-state index contributed by atoms with van der Waals surface area (Å²) < 4.78 is 5.06. The van der Waals surface area contributed by atoms with Crippen LogP contribution in [0.1, 0.15) is 16.7 Å². The number of nitrogens with zero attached hydrogens (tertiary/aromatic N) is 3. The Kier molecular flexibility index (Phi) is 4.79. The van der Waals surface area contributed by atoms with Gasteiger partial charge < -0.3 is 15.4 Å². The van der Waals surface area contributed by atoms with Crippen molar-refractivity contribution in [2.24, 2.45) is 0 Å². The summed E-state index contributed by atoms with van der Waals surface area (Å²) in [6.07, 6.45) is 3.39. The quantitative estimate of drug-likeness (QED) is 0.724. The van der Waals surface area contributed by atoms with Crippen LogP contribution in [0, 0.1) is 20.8 Å². The second kappa shape index (κ2) is 7.17. The number of ether oxygens (including phenoxy) is 1. The van der Waals surface area contributed by atoms with Gasteiger partial charge in [0.2, 0.25) is 11.8 Å². The van der Waals surface area contributed by atoms with Crippen molar-refractivity contribution in [1.29, 1.82) is 0 Å². The number of rotatable bonds is 5. The van der Waals surface area contributed by atoms with Gasteiger partial charge >= 0.3 is 0 Å². The number of anilines is 4. The summed E-state index contributed by atoms with van der Waals surface area (Å²) in [5.41, 5.74) is 5.48. The summed E-state index contributed by atoms with van der Waals surface area (Å²) in [4.78, 5) is 12.9. The van der Waals surface area contributed by atoms with Crippen molar-refractivity contribution < 1.29 is 4.74 Å². The summed E-state index contributed by atoms with van der Waals surface area (Å²) in [6.45, 7) is 6.27. The summed E-state index contributed by atoms with van der Waals surface area (Å²) in [5, 5.41) is 6.52. The Morgan fingerprint density at radius 3 is 2.32 bits per heavy atom. The molecule has 3 rings (SSSR count). The predicted octanol–water partition coefficient (Wildman–Crippen LogP) is 4.29. The molecule has 25 heavy (non-hydrogen) atoms. The van der Waals surface area contributed by atoms with E-state index in [4.69, 9.17) is 4.74 Å². The highest BCUT2D eigenvalue weighted by Crippen LogP contribution is 2.25. The molecule has 0 aliphatic carbocycles. The number of hydrogen-bond donors (Lipinski definition) is 2. The first-order chi connectivity index (χ1) is 12.0. The fourth-order valence-electron chi connectivity index (χ4n) is 2.70. The molecule has 0 bridgehead atoms. The fraction of sp³-hybridized carbons (Fsp3) is 0.211. The summed E-state index contributed by atoms with van der Waals surface area (Å²) in [6, 6.07) is 9.79. The van der Waals surface area contributed by atoms with E-state index in [1.807, 2.05) is 12.1 Å². The Hall–Kier alpha value is -3.15. The van der Waals surface area contributed by atoms with Crippen LogP contribution in [0.5, 0.6) is 5.88 Å². The molecule has 0 unspecified atom stereocenters. The van der Waals surface area contributed by atoms with Gasteiger partial charge in [-0.2, -0.15) is 4.98 Å². The minimum atomic E-state index is 0.499. The van der Waals surface area contributed by atoms with Crippen molar-refractivity contribution >= 4 is 23.1 Å². The van der Waals surface area contributed by atoms with E-state index < -0.39 is 0 Å². The number of methoxy groups -OCH3 is 1. The monoisotopic (exact) mass is 335 g/mol. The number of pyridine rings is 1. The first-order valence-electron chi connectivity index (χ1n) is 8.00. The van der Waals surface area contributed by atoms with E-state index in [1.54, 1.807) is 25.6 Å². The molecule has 0 radical (unpaired) electrons. The molecule has 2 aromatic heterocycles. The molecule has 128 valence electrons. The fourth-order valence-corrected chi connectivity index (χ4v) is 2.70. The number of hydrogen-bond acceptors (Lipinski definition) is 6. The zero-order valence-electron chi connectivity index (χ0n) is 14.8. The maximum absolute atomic E-state index is 5.06. The molecule has 1 aromatic carbocycles. The molecule has 0 amide bonds. The third-order valence-electron chi connectivity index (χ3n) is 3.79. The molecule has 0 fully saturated rings. The Bertz CT molecular complexity index is 854. The summed E-state index contributed by atoms with van der Waals surface area (Å²) >= 11 is 0. The molecule has 0 spiro atoms. The molecular weight excluding hydrogens is 314 g/mol. The zero-order valence-corrected chi connectivity index (χ0v) is 14.8. The second-order valence-corrected chi connectivity index (χ2v) is 5.88. The summed E-state index contributed by atoms with van der Waals surface area (Å²) in [7, 11) is 1.59. The Morgan fingerprint density at radius 1 is 0.920 bits per heavy atom. The Morgan fingerprint density at radius 2 is 1.68 bits per heavy atom. The van der Waals surface area contributed by atoms with E-state index in [0.717, 1.165) is 17.2 Å². The van der Waals surface area contributed by atoms with Gasteiger partial charge in [0, 0.05) is 18.0 Å². The average molecular weight is 335 g/mol. The highest BCUT2D eigenvalue weighted by Gasteiger charge is 2.06. The van der Waals surface area contributed by atoms with Crippen molar-refractivity contribution in [1.82, 2.24) is 15.0 Å². The number of aryl methyl sites for hydroxylation is 3. The van der Waals surface area contributed by atoms with Crippen LogP contribution in [-0.4, -0.2) is 22.1 Å². The lowest BCUT2D eigenvalue weighted by molar-refractivity contribution is 0.398. The molecule has 6 nitrogen and oxygen atoms in total. The van der Waals surface area contributed by atoms with Crippen LogP contribution in [0.2, 0.25) is 0 Å². The van der Waals surface area contributed by atoms with E-state index in [9.17, 15) is 0 Å². The normalized spacial score (nSPS) is 10.4. The molecule has 0 atom stereocenters. The smallest absolute Gasteiger partial charge is 0.229 e. The molecule has 0 aliphatic rings. The van der Waals surface area contributed by atoms with Crippen molar-refractivity contribution in [3.05, 3.63) is 59.4 Å². The average Bonchev–Trinajstić information content (AvgIpc) is 2.59. The van der Waals surface area contributed by atoms with Crippen LogP contribution >= 0.6 is 0 Å². The first kappa shape index (κ1) is 16.7. The molecule has 3 aromatic rings. The van der Waals surface area contributed by atoms with E-state index >= 15 is 0 Å². The zero-order chi connectivity index (χ0) is 17.8. The van der Waals surface area contributed by atoms with Gasteiger partial charge in [-0.25, -0.2) is 9.97 Å². The maximum atomic E-state index is 5.06. The van der Waals surface area contributed by atoms with Gasteiger partial charge in [-0.1, -0.05) is 17.7 Å². The van der Waals surface area contributed by atoms with Gasteiger partial charge in [-0.05, 0) is 44.0 Å². The minimum Gasteiger partial charge on any atom is -0.481 e. The van der Waals surface area contributed by atoms with E-state index in [0.29, 0.717) is 11.8 Å². The van der Waals surface area contributed by atoms with Crippen LogP contribution in [0.25, 0.3) is 0 Å². The molecular formula is C19H21N5O. The standard InChI is InChI=1S/C19H21N5O/c1-12-9-13(2)18(14(3)10-12)23-16-7-8-20-19(24-16)22-15-5-6-17(25-4)21-11-15/h5-11H,1-4H3,(H2,20,22,23,24). The first-order valence-corrected chi connectivity index (χ1v) is 8.00. The highest BCUT2D eigenvalue weighted by atomic mass is 16.5. The van der Waals surface area contributed by atoms with Crippen molar-refractivity contribution in [2.75, 3.05) is 17.7 Å². The minimum absolute atomic E-state index is 0.499. The third-order valence-corrected chi connectivity index (χ3v) is 3.79. The maximum Gasteiger partial charge on any atom is 0.229 e. The lowest BCUT2D eigenvalue weighted by atomic mass is 10.1. The van der Waals surface area contributed by atoms with Crippen LogP contribution in [0.15, 0.2) is 42.7 Å². The number of aromatic nitrogens is 3. The van der Waals surface area contributed by atoms with Crippen LogP contribution in [0.3, 0.4) is 0 Å². The van der Waals surface area contributed by atoms with Gasteiger partial charge in [0.15, 0.2) is 0 Å². The van der Waals surface area contributed by atoms with E-state index in [1.165, 1.54) is 16.7 Å². The molecule has 0 saturated heterocycles. The molecule has 2 heterocycles. The van der Waals surface area contributed by atoms with Gasteiger partial charge in [-0.3, -0.25) is 0 Å². The molecule has 0 aliphatic heterocycles. The Balaban J connectivity index is 1.79. The number of nitrogens with one attached hydrogen (secondary N) is 2. The van der Waals surface area contributed by atoms with E-state index in [2.05, 4.69) is 58.5 Å². The van der Waals surface area contributed by atoms with Gasteiger partial charge in [0.05, 0.1) is 19.0 Å². The van der Waals surface area contributed by atoms with E-state index in [-0.39, 0.29) is 0 Å². The van der Waals surface area contributed by atoms with Crippen molar-refractivity contribution in [2.45, 2.75) is 20.8 Å². The van der Waals surface area contributed by atoms with Gasteiger partial charge in [0.1, 0.15) is 5.82 Å². The lowest BCUT2D eigenvalue weighted by Gasteiger charge is -2.14. The largest absolute Gasteiger partial charge is 0.481 e. The lowest BCUT2D eigenvalue weighted by Crippen LogP contribution is -2.02. The van der Waals surface area contributed by atoms with Crippen molar-refractivity contribution in [3.63, 3.8) is 0 Å². The number of benzene rings is 1. The van der Waals surface area contributed by atoms with Crippen LogP contribution < -0.4 is 15.4 Å². The second-order valence-electron chi connectivity index (χ2n) is 5.88. The molecule has 0 saturated carbocycles. The van der Waals surface area contributed by atoms with Crippen LogP contribution in [-0.2, 0) is 0 Å². The summed E-state index contributed by atoms with van der Waals surface area (Å²) in [5.74, 6) is 1.79. The molecule has 6 heteroatoms. The highest BCUT2D eigenvalue weighted by molar-refractivity contribution is 5.66. The SMILES string of the molecule is COc1ccc(Nc2nccc(Nc3c(C)cc(C)cc3C)n2)cn1. The van der Waals surface area contributed by atoms with Gasteiger partial charge in [-0.15, -0.1) is 0 Å². The third kappa shape index (κ3) is 4.03.